The summed E-state index contributed by atoms with van der Waals surface area (Å²) >= 11 is 0. The zero-order valence-electron chi connectivity index (χ0n) is 9.71. The van der Waals surface area contributed by atoms with Crippen LogP contribution in [0.1, 0.15) is 33.6 Å². The summed E-state index contributed by atoms with van der Waals surface area (Å²) in [5.74, 6) is 0. The van der Waals surface area contributed by atoms with Crippen LogP contribution in [0.3, 0.4) is 0 Å². The molecule has 2 aliphatic rings. The highest BCUT2D eigenvalue weighted by Gasteiger charge is 2.42. The third kappa shape index (κ3) is 1.72. The Morgan fingerprint density at radius 1 is 1.14 bits per heavy atom. The summed E-state index contributed by atoms with van der Waals surface area (Å²) in [5, 5.41) is 0. The minimum Gasteiger partial charge on any atom is -0.304 e. The van der Waals surface area contributed by atoms with Crippen LogP contribution in [0.2, 0.25) is 0 Å². The number of hydrogen-bond donors (Lipinski definition) is 0. The minimum atomic E-state index is -0.0223. The first-order chi connectivity index (χ1) is 6.42. The molecule has 78 valence electrons. The summed E-state index contributed by atoms with van der Waals surface area (Å²) in [6.07, 6.45) is 2.44. The van der Waals surface area contributed by atoms with Gasteiger partial charge in [0.1, 0.15) is 0 Å². The SMILES string of the molecule is [B][C@]12CCCN1CCN(C(C)(C)C)C2. The summed E-state index contributed by atoms with van der Waals surface area (Å²) < 4.78 is 0. The lowest BCUT2D eigenvalue weighted by Gasteiger charge is -2.50. The molecule has 14 heavy (non-hydrogen) atoms. The van der Waals surface area contributed by atoms with Gasteiger partial charge in [0.05, 0.1) is 7.85 Å². The lowest BCUT2D eigenvalue weighted by molar-refractivity contribution is 0.0235. The lowest BCUT2D eigenvalue weighted by atomic mass is 9.73. The van der Waals surface area contributed by atoms with Crippen LogP contribution in [0.4, 0.5) is 0 Å². The van der Waals surface area contributed by atoms with E-state index < -0.39 is 0 Å². The van der Waals surface area contributed by atoms with Gasteiger partial charge in [-0.3, -0.25) is 4.90 Å². The Kier molecular flexibility index (Phi) is 2.43. The van der Waals surface area contributed by atoms with Crippen LogP contribution in [-0.4, -0.2) is 54.8 Å². The van der Waals surface area contributed by atoms with Gasteiger partial charge in [0.25, 0.3) is 0 Å². The second-order valence-corrected chi connectivity index (χ2v) is 5.79. The van der Waals surface area contributed by atoms with Gasteiger partial charge in [-0.2, -0.15) is 0 Å². The zero-order valence-corrected chi connectivity index (χ0v) is 9.71. The lowest BCUT2D eigenvalue weighted by Crippen LogP contribution is -2.63. The van der Waals surface area contributed by atoms with E-state index in [1.165, 1.54) is 25.9 Å². The van der Waals surface area contributed by atoms with Gasteiger partial charge in [0.15, 0.2) is 0 Å². The van der Waals surface area contributed by atoms with Crippen molar-refractivity contribution in [3.05, 3.63) is 0 Å². The second-order valence-electron chi connectivity index (χ2n) is 5.79. The van der Waals surface area contributed by atoms with E-state index in [-0.39, 0.29) is 11.0 Å². The van der Waals surface area contributed by atoms with E-state index in [0.29, 0.717) is 0 Å². The Balaban J connectivity index is 2.08. The van der Waals surface area contributed by atoms with Gasteiger partial charge < -0.3 is 4.90 Å². The highest BCUT2D eigenvalue weighted by Crippen LogP contribution is 2.32. The molecule has 2 rings (SSSR count). The van der Waals surface area contributed by atoms with Crippen LogP contribution in [0.15, 0.2) is 0 Å². The Morgan fingerprint density at radius 3 is 2.50 bits per heavy atom. The molecule has 0 aromatic heterocycles. The maximum absolute atomic E-state index is 6.44. The quantitative estimate of drug-likeness (QED) is 0.529. The summed E-state index contributed by atoms with van der Waals surface area (Å²) in [6, 6.07) is 0. The fourth-order valence-corrected chi connectivity index (χ4v) is 2.69. The standard InChI is InChI=1S/C11H21BN2/c1-10(2,3)14-8-7-13-6-4-5-11(13,12)9-14/h4-9H2,1-3H3/t11-/m1/s1. The molecule has 2 radical (unpaired) electrons. The van der Waals surface area contributed by atoms with Crippen LogP contribution in [0.5, 0.6) is 0 Å². The van der Waals surface area contributed by atoms with Crippen LogP contribution < -0.4 is 0 Å². The van der Waals surface area contributed by atoms with Crippen LogP contribution >= 0.6 is 0 Å². The summed E-state index contributed by atoms with van der Waals surface area (Å²) in [6.45, 7) is 11.4. The molecule has 2 heterocycles. The monoisotopic (exact) mass is 192 g/mol. The number of fused-ring (bicyclic) bond motifs is 1. The molecule has 0 amide bonds. The van der Waals surface area contributed by atoms with Crippen molar-refractivity contribution in [2.24, 2.45) is 0 Å². The molecule has 1 atom stereocenters. The molecular weight excluding hydrogens is 171 g/mol. The Morgan fingerprint density at radius 2 is 1.86 bits per heavy atom. The minimum absolute atomic E-state index is 0.0223. The highest BCUT2D eigenvalue weighted by molar-refractivity contribution is 6.15. The van der Waals surface area contributed by atoms with Gasteiger partial charge >= 0.3 is 0 Å². The van der Waals surface area contributed by atoms with Crippen molar-refractivity contribution in [3.63, 3.8) is 0 Å². The van der Waals surface area contributed by atoms with Gasteiger partial charge in [-0.25, -0.2) is 0 Å². The first-order valence-electron chi connectivity index (χ1n) is 5.71. The average molecular weight is 192 g/mol. The zero-order chi connectivity index (χ0) is 10.4. The van der Waals surface area contributed by atoms with Gasteiger partial charge in [0.2, 0.25) is 0 Å². The van der Waals surface area contributed by atoms with Crippen molar-refractivity contribution in [2.75, 3.05) is 26.2 Å². The Bertz CT molecular complexity index is 224. The van der Waals surface area contributed by atoms with E-state index in [4.69, 9.17) is 7.85 Å². The molecule has 2 fully saturated rings. The first-order valence-corrected chi connectivity index (χ1v) is 5.71. The van der Waals surface area contributed by atoms with E-state index >= 15 is 0 Å². The molecule has 0 aromatic rings. The molecule has 2 nitrogen and oxygen atoms in total. The maximum Gasteiger partial charge on any atom is 0.0975 e. The average Bonchev–Trinajstić information content (AvgIpc) is 2.42. The van der Waals surface area contributed by atoms with Gasteiger partial charge in [-0.15, -0.1) is 0 Å². The number of piperazine rings is 1. The van der Waals surface area contributed by atoms with E-state index in [2.05, 4.69) is 30.6 Å². The van der Waals surface area contributed by atoms with E-state index in [1.54, 1.807) is 0 Å². The van der Waals surface area contributed by atoms with Crippen LogP contribution in [0.25, 0.3) is 0 Å². The highest BCUT2D eigenvalue weighted by atomic mass is 15.3. The van der Waals surface area contributed by atoms with E-state index in [1.807, 2.05) is 0 Å². The fourth-order valence-electron chi connectivity index (χ4n) is 2.69. The second kappa shape index (κ2) is 3.24. The predicted octanol–water partition coefficient (Wildman–Crippen LogP) is 1.06. The first kappa shape index (κ1) is 10.5. The van der Waals surface area contributed by atoms with Gasteiger partial charge in [-0.1, -0.05) is 0 Å². The molecule has 0 aliphatic carbocycles. The van der Waals surface area contributed by atoms with E-state index in [9.17, 15) is 0 Å². The number of rotatable bonds is 0. The smallest absolute Gasteiger partial charge is 0.0975 e. The molecule has 0 N–H and O–H groups in total. The van der Waals surface area contributed by atoms with Crippen LogP contribution in [0, 0.1) is 0 Å². The topological polar surface area (TPSA) is 6.48 Å². The largest absolute Gasteiger partial charge is 0.304 e. The van der Waals surface area contributed by atoms with Crippen molar-refractivity contribution in [3.8, 4) is 0 Å². The molecule has 2 aliphatic heterocycles. The maximum atomic E-state index is 6.44. The van der Waals surface area contributed by atoms with E-state index in [0.717, 1.165) is 13.1 Å². The molecule has 0 bridgehead atoms. The normalized spacial score (nSPS) is 35.9. The van der Waals surface area contributed by atoms with Gasteiger partial charge in [-0.05, 0) is 45.6 Å². The van der Waals surface area contributed by atoms with Crippen molar-refractivity contribution in [2.45, 2.75) is 44.6 Å². The van der Waals surface area contributed by atoms with Crippen molar-refractivity contribution in [1.82, 2.24) is 9.80 Å². The third-order valence-electron chi connectivity index (χ3n) is 3.72. The van der Waals surface area contributed by atoms with Crippen molar-refractivity contribution >= 4 is 7.85 Å². The predicted molar refractivity (Wildman–Crippen MR) is 60.6 cm³/mol. The number of hydrogen-bond acceptors (Lipinski definition) is 2. The molecule has 0 unspecified atom stereocenters. The molecular formula is C11H21BN2. The third-order valence-corrected chi connectivity index (χ3v) is 3.72. The molecule has 0 saturated carbocycles. The molecule has 3 heteroatoms. The summed E-state index contributed by atoms with van der Waals surface area (Å²) in [7, 11) is 6.44. The molecule has 2 saturated heterocycles. The summed E-state index contributed by atoms with van der Waals surface area (Å²) in [4.78, 5) is 4.99. The molecule has 0 aromatic carbocycles. The van der Waals surface area contributed by atoms with Gasteiger partial charge in [0, 0.05) is 25.2 Å². The Labute approximate surface area is 89.0 Å². The van der Waals surface area contributed by atoms with Crippen molar-refractivity contribution < 1.29 is 0 Å². The fraction of sp³-hybridized carbons (Fsp3) is 1.00. The Hall–Kier alpha value is -0.0151. The van der Waals surface area contributed by atoms with Crippen molar-refractivity contribution in [1.29, 1.82) is 0 Å². The summed E-state index contributed by atoms with van der Waals surface area (Å²) in [5.41, 5.74) is 0.243. The molecule has 0 spiro atoms. The van der Waals surface area contributed by atoms with Crippen LogP contribution in [-0.2, 0) is 0 Å². The number of nitrogens with zero attached hydrogens (tertiary/aromatic N) is 2.